The molecule has 0 spiro atoms. The van der Waals surface area contributed by atoms with E-state index in [1.54, 1.807) is 6.20 Å². The lowest BCUT2D eigenvalue weighted by Gasteiger charge is -2.36. The molecule has 1 fully saturated rings. The van der Waals surface area contributed by atoms with E-state index in [1.807, 2.05) is 36.6 Å². The average molecular weight is 410 g/mol. The van der Waals surface area contributed by atoms with Crippen LogP contribution in [0.2, 0.25) is 0 Å². The van der Waals surface area contributed by atoms with Crippen LogP contribution in [0.1, 0.15) is 30.2 Å². The first kappa shape index (κ1) is 18.9. The summed E-state index contributed by atoms with van der Waals surface area (Å²) in [6, 6.07) is 3.98. The van der Waals surface area contributed by atoms with Crippen molar-refractivity contribution >= 4 is 27.4 Å². The number of pyridine rings is 1. The lowest BCUT2D eigenvalue weighted by Crippen LogP contribution is -2.48. The summed E-state index contributed by atoms with van der Waals surface area (Å²) in [6.07, 6.45) is 8.18. The molecule has 3 aromatic rings. The predicted molar refractivity (Wildman–Crippen MR) is 118 cm³/mol. The molecule has 6 nitrogen and oxygen atoms in total. The van der Waals surface area contributed by atoms with E-state index in [0.29, 0.717) is 0 Å². The normalized spacial score (nSPS) is 18.8. The monoisotopic (exact) mass is 409 g/mol. The molecule has 5 rings (SSSR count). The third-order valence-corrected chi connectivity index (χ3v) is 7.10. The summed E-state index contributed by atoms with van der Waals surface area (Å²) in [5, 5.41) is 11.0. The van der Waals surface area contributed by atoms with E-state index >= 15 is 0 Å². The largest absolute Gasteiger partial charge is 0.392 e. The fraction of sp³-hybridized carbons (Fsp3) is 0.500. The molecule has 29 heavy (non-hydrogen) atoms. The number of aromatic nitrogens is 3. The van der Waals surface area contributed by atoms with Gasteiger partial charge < -0.3 is 10.0 Å². The number of hydrogen-bond donors (Lipinski definition) is 1. The van der Waals surface area contributed by atoms with Gasteiger partial charge in [-0.2, -0.15) is 0 Å². The number of aliphatic hydroxyl groups is 1. The van der Waals surface area contributed by atoms with E-state index in [2.05, 4.69) is 14.8 Å². The molecule has 1 aliphatic carbocycles. The van der Waals surface area contributed by atoms with Crippen molar-refractivity contribution in [2.45, 2.75) is 38.7 Å². The molecule has 0 bridgehead atoms. The van der Waals surface area contributed by atoms with Crippen LogP contribution in [0, 0.1) is 0 Å². The molecule has 2 aliphatic rings. The molecule has 1 aliphatic heterocycles. The molecule has 0 saturated carbocycles. The van der Waals surface area contributed by atoms with Crippen molar-refractivity contribution < 1.29 is 5.11 Å². The first-order chi connectivity index (χ1) is 14.2. The van der Waals surface area contributed by atoms with E-state index in [4.69, 9.17) is 9.97 Å². The second-order valence-corrected chi connectivity index (χ2v) is 9.22. The van der Waals surface area contributed by atoms with Crippen LogP contribution in [0.3, 0.4) is 0 Å². The van der Waals surface area contributed by atoms with Crippen LogP contribution in [-0.2, 0) is 12.8 Å². The lowest BCUT2D eigenvalue weighted by molar-refractivity contribution is 0.122. The molecule has 1 N–H and O–H groups in total. The minimum atomic E-state index is -0.284. The molecule has 7 heteroatoms. The van der Waals surface area contributed by atoms with Gasteiger partial charge in [0.05, 0.1) is 11.5 Å². The van der Waals surface area contributed by atoms with E-state index in [1.165, 1.54) is 35.1 Å². The Kier molecular flexibility index (Phi) is 5.20. The maximum atomic E-state index is 9.72. The van der Waals surface area contributed by atoms with E-state index in [9.17, 15) is 5.11 Å². The topological polar surface area (TPSA) is 65.4 Å². The first-order valence-electron chi connectivity index (χ1n) is 10.6. The molecule has 0 radical (unpaired) electrons. The smallest absolute Gasteiger partial charge is 0.164 e. The van der Waals surface area contributed by atoms with Gasteiger partial charge >= 0.3 is 0 Å². The van der Waals surface area contributed by atoms with Crippen LogP contribution in [0.15, 0.2) is 24.5 Å². The molecular formula is C22H27N5OS. The Labute approximate surface area is 175 Å². The van der Waals surface area contributed by atoms with E-state index in [-0.39, 0.29) is 6.10 Å². The summed E-state index contributed by atoms with van der Waals surface area (Å²) < 4.78 is 0. The molecule has 1 atom stereocenters. The van der Waals surface area contributed by atoms with Gasteiger partial charge in [0, 0.05) is 55.6 Å². The number of aliphatic hydroxyl groups excluding tert-OH is 1. The summed E-state index contributed by atoms with van der Waals surface area (Å²) in [5.74, 6) is 1.86. The highest BCUT2D eigenvalue weighted by Gasteiger charge is 2.26. The number of anilines is 1. The van der Waals surface area contributed by atoms with Crippen molar-refractivity contribution in [3.63, 3.8) is 0 Å². The highest BCUT2D eigenvalue weighted by molar-refractivity contribution is 7.19. The Morgan fingerprint density at radius 1 is 1.14 bits per heavy atom. The van der Waals surface area contributed by atoms with Crippen LogP contribution >= 0.6 is 11.3 Å². The minimum Gasteiger partial charge on any atom is -0.392 e. The molecule has 152 valence electrons. The zero-order chi connectivity index (χ0) is 19.8. The van der Waals surface area contributed by atoms with Crippen LogP contribution in [0.25, 0.3) is 21.6 Å². The second-order valence-electron chi connectivity index (χ2n) is 8.14. The number of fused-ring (bicyclic) bond motifs is 3. The van der Waals surface area contributed by atoms with Gasteiger partial charge in [0.15, 0.2) is 5.82 Å². The Morgan fingerprint density at radius 3 is 2.72 bits per heavy atom. The van der Waals surface area contributed by atoms with Gasteiger partial charge in [-0.3, -0.25) is 9.88 Å². The molecule has 3 aromatic heterocycles. The van der Waals surface area contributed by atoms with Gasteiger partial charge in [0.25, 0.3) is 0 Å². The van der Waals surface area contributed by atoms with Gasteiger partial charge in [-0.1, -0.05) is 0 Å². The van der Waals surface area contributed by atoms with Gasteiger partial charge in [-0.15, -0.1) is 11.3 Å². The average Bonchev–Trinajstić information content (AvgIpc) is 3.12. The Hall–Kier alpha value is -2.09. The SMILES string of the molecule is C[C@@H](O)CN1CCN(c2nc(-c3cccnc3)nc3sc4c(c23)CCCC4)CC1. The number of hydrogen-bond acceptors (Lipinski definition) is 7. The van der Waals surface area contributed by atoms with Crippen LogP contribution in [0.5, 0.6) is 0 Å². The summed E-state index contributed by atoms with van der Waals surface area (Å²) in [5.41, 5.74) is 2.45. The zero-order valence-corrected chi connectivity index (χ0v) is 17.7. The van der Waals surface area contributed by atoms with Gasteiger partial charge in [0.2, 0.25) is 0 Å². The Bertz CT molecular complexity index is 995. The van der Waals surface area contributed by atoms with Crippen molar-refractivity contribution in [1.82, 2.24) is 19.9 Å². The van der Waals surface area contributed by atoms with E-state index in [0.717, 1.165) is 61.2 Å². The number of piperazine rings is 1. The third kappa shape index (κ3) is 3.74. The Morgan fingerprint density at radius 2 is 1.97 bits per heavy atom. The maximum Gasteiger partial charge on any atom is 0.164 e. The summed E-state index contributed by atoms with van der Waals surface area (Å²) in [6.45, 7) is 6.35. The molecule has 4 heterocycles. The van der Waals surface area contributed by atoms with Crippen LogP contribution in [0.4, 0.5) is 5.82 Å². The Balaban J connectivity index is 1.56. The highest BCUT2D eigenvalue weighted by Crippen LogP contribution is 2.40. The van der Waals surface area contributed by atoms with Crippen molar-refractivity contribution in [2.75, 3.05) is 37.6 Å². The highest BCUT2D eigenvalue weighted by atomic mass is 32.1. The molecule has 0 aromatic carbocycles. The number of β-amino-alcohol motifs (C(OH)–C–C–N with tert-alkyl or cyclic N) is 1. The number of thiophene rings is 1. The van der Waals surface area contributed by atoms with Crippen molar-refractivity contribution in [2.24, 2.45) is 0 Å². The quantitative estimate of drug-likeness (QED) is 0.714. The maximum absolute atomic E-state index is 9.72. The van der Waals surface area contributed by atoms with Crippen LogP contribution < -0.4 is 4.90 Å². The number of rotatable bonds is 4. The summed E-state index contributed by atoms with van der Waals surface area (Å²) >= 11 is 1.85. The summed E-state index contributed by atoms with van der Waals surface area (Å²) in [7, 11) is 0. The van der Waals surface area contributed by atoms with Crippen LogP contribution in [-0.4, -0.2) is 63.8 Å². The molecule has 0 unspecified atom stereocenters. The fourth-order valence-electron chi connectivity index (χ4n) is 4.51. The third-order valence-electron chi connectivity index (χ3n) is 5.91. The van der Waals surface area contributed by atoms with Gasteiger partial charge in [0.1, 0.15) is 10.6 Å². The second kappa shape index (κ2) is 7.97. The fourth-order valence-corrected chi connectivity index (χ4v) is 5.76. The molecule has 1 saturated heterocycles. The minimum absolute atomic E-state index is 0.284. The predicted octanol–water partition coefficient (Wildman–Crippen LogP) is 3.13. The zero-order valence-electron chi connectivity index (χ0n) is 16.8. The van der Waals surface area contributed by atoms with Crippen molar-refractivity contribution in [3.05, 3.63) is 35.0 Å². The van der Waals surface area contributed by atoms with Crippen molar-refractivity contribution in [1.29, 1.82) is 0 Å². The van der Waals surface area contributed by atoms with Gasteiger partial charge in [-0.05, 0) is 50.3 Å². The number of nitrogens with zero attached hydrogens (tertiary/aromatic N) is 5. The van der Waals surface area contributed by atoms with Gasteiger partial charge in [-0.25, -0.2) is 9.97 Å². The molecular weight excluding hydrogens is 382 g/mol. The summed E-state index contributed by atoms with van der Waals surface area (Å²) in [4.78, 5) is 21.7. The van der Waals surface area contributed by atoms with E-state index < -0.39 is 0 Å². The van der Waals surface area contributed by atoms with Crippen molar-refractivity contribution in [3.8, 4) is 11.4 Å². The number of aryl methyl sites for hydroxylation is 2. The molecule has 0 amide bonds. The first-order valence-corrected chi connectivity index (χ1v) is 11.4. The standard InChI is InChI=1S/C22H27N5OS/c1-15(28)14-26-9-11-27(12-10-26)21-19-17-6-2-3-7-18(17)29-22(19)25-20(24-21)16-5-4-8-23-13-16/h4-5,8,13,15,28H,2-3,6-7,9-12,14H2,1H3/t15-/m1/s1. The lowest BCUT2D eigenvalue weighted by atomic mass is 9.96.